The number of aromatic nitrogens is 1. The molecular weight excluding hydrogens is 316 g/mol. The van der Waals surface area contributed by atoms with Gasteiger partial charge in [-0.3, -0.25) is 4.79 Å². The molecule has 1 heterocycles. The Morgan fingerprint density at radius 3 is 2.61 bits per heavy atom. The maximum Gasteiger partial charge on any atom is 0.255 e. The van der Waals surface area contributed by atoms with Gasteiger partial charge in [-0.15, -0.1) is 0 Å². The van der Waals surface area contributed by atoms with Gasteiger partial charge in [0.15, 0.2) is 0 Å². The van der Waals surface area contributed by atoms with Crippen molar-refractivity contribution >= 4 is 39.1 Å². The highest BCUT2D eigenvalue weighted by atomic mass is 79.9. The second-order valence-electron chi connectivity index (χ2n) is 3.82. The number of pyridine rings is 1. The van der Waals surface area contributed by atoms with Gasteiger partial charge in [0.1, 0.15) is 5.15 Å². The van der Waals surface area contributed by atoms with Gasteiger partial charge < -0.3 is 5.32 Å². The van der Waals surface area contributed by atoms with Gasteiger partial charge in [0.05, 0.1) is 16.4 Å². The van der Waals surface area contributed by atoms with Gasteiger partial charge in [-0.2, -0.15) is 0 Å². The Labute approximate surface area is 118 Å². The highest BCUT2D eigenvalue weighted by Crippen LogP contribution is 2.23. The van der Waals surface area contributed by atoms with Gasteiger partial charge >= 0.3 is 0 Å². The Balaban J connectivity index is 2.16. The van der Waals surface area contributed by atoms with E-state index in [2.05, 4.69) is 26.2 Å². The van der Waals surface area contributed by atoms with E-state index in [-0.39, 0.29) is 5.91 Å². The van der Waals surface area contributed by atoms with Gasteiger partial charge in [-0.05, 0) is 41.1 Å². The topological polar surface area (TPSA) is 42.0 Å². The first kappa shape index (κ1) is 13.1. The predicted molar refractivity (Wildman–Crippen MR) is 76.1 cm³/mol. The van der Waals surface area contributed by atoms with E-state index in [1.807, 2.05) is 19.1 Å². The Hall–Kier alpha value is -1.39. The normalized spacial score (nSPS) is 10.2. The minimum Gasteiger partial charge on any atom is -0.321 e. The summed E-state index contributed by atoms with van der Waals surface area (Å²) in [5.41, 5.74) is 2.31. The number of carbonyl (C=O) groups excluding carboxylic acids is 1. The molecule has 18 heavy (non-hydrogen) atoms. The lowest BCUT2D eigenvalue weighted by atomic mass is 10.1. The van der Waals surface area contributed by atoms with Crippen LogP contribution in [0.4, 0.5) is 5.69 Å². The highest BCUT2D eigenvalue weighted by Gasteiger charge is 2.07. The van der Waals surface area contributed by atoms with Gasteiger partial charge in [-0.1, -0.05) is 29.3 Å². The molecule has 1 aromatic carbocycles. The van der Waals surface area contributed by atoms with Crippen LogP contribution in [0, 0.1) is 6.92 Å². The summed E-state index contributed by atoms with van der Waals surface area (Å²) in [6.45, 7) is 1.97. The van der Waals surface area contributed by atoms with Crippen molar-refractivity contribution in [3.63, 3.8) is 0 Å². The van der Waals surface area contributed by atoms with Gasteiger partial charge in [0, 0.05) is 5.56 Å². The van der Waals surface area contributed by atoms with Crippen LogP contribution in [-0.4, -0.2) is 10.9 Å². The van der Waals surface area contributed by atoms with Crippen LogP contribution in [0.15, 0.2) is 41.0 Å². The summed E-state index contributed by atoms with van der Waals surface area (Å²) in [6.07, 6.45) is 1.51. The fourth-order valence-corrected chi connectivity index (χ4v) is 1.85. The molecule has 0 fully saturated rings. The number of rotatable bonds is 2. The number of aryl methyl sites for hydroxylation is 1. The zero-order chi connectivity index (χ0) is 13.1. The van der Waals surface area contributed by atoms with E-state index in [9.17, 15) is 4.79 Å². The fraction of sp³-hybridized carbons (Fsp3) is 0.0769. The minimum absolute atomic E-state index is 0.175. The molecule has 0 aliphatic rings. The second-order valence-corrected chi connectivity index (χ2v) is 5.03. The number of nitrogens with one attached hydrogen (secondary N) is 1. The smallest absolute Gasteiger partial charge is 0.255 e. The Kier molecular flexibility index (Phi) is 3.99. The SMILES string of the molecule is Cc1ccc(C(=O)Nc2cnc(Cl)c(Br)c2)cc1. The molecule has 5 heteroatoms. The Bertz CT molecular complexity index is 584. The predicted octanol–water partition coefficient (Wildman–Crippen LogP) is 4.06. The maximum absolute atomic E-state index is 11.9. The molecule has 3 nitrogen and oxygen atoms in total. The van der Waals surface area contributed by atoms with E-state index in [4.69, 9.17) is 11.6 Å². The van der Waals surface area contributed by atoms with Crippen molar-refractivity contribution < 1.29 is 4.79 Å². The van der Waals surface area contributed by atoms with Gasteiger partial charge in [0.25, 0.3) is 5.91 Å². The van der Waals surface area contributed by atoms with Crippen molar-refractivity contribution in [1.82, 2.24) is 4.98 Å². The Morgan fingerprint density at radius 1 is 1.33 bits per heavy atom. The van der Waals surface area contributed by atoms with E-state index in [0.717, 1.165) is 5.56 Å². The van der Waals surface area contributed by atoms with Crippen molar-refractivity contribution in [3.8, 4) is 0 Å². The summed E-state index contributed by atoms with van der Waals surface area (Å²) < 4.78 is 0.644. The molecule has 0 bridgehead atoms. The average Bonchev–Trinajstić information content (AvgIpc) is 2.34. The first-order valence-electron chi connectivity index (χ1n) is 5.25. The number of nitrogens with zero attached hydrogens (tertiary/aromatic N) is 1. The van der Waals surface area contributed by atoms with Crippen LogP contribution >= 0.6 is 27.5 Å². The van der Waals surface area contributed by atoms with Crippen LogP contribution in [0.2, 0.25) is 5.15 Å². The van der Waals surface area contributed by atoms with Crippen LogP contribution in [-0.2, 0) is 0 Å². The molecule has 0 unspecified atom stereocenters. The lowest BCUT2D eigenvalue weighted by Gasteiger charge is -2.06. The highest BCUT2D eigenvalue weighted by molar-refractivity contribution is 9.10. The monoisotopic (exact) mass is 324 g/mol. The summed E-state index contributed by atoms with van der Waals surface area (Å²) in [5.74, 6) is -0.175. The van der Waals surface area contributed by atoms with Gasteiger partial charge in [-0.25, -0.2) is 4.98 Å². The first-order chi connectivity index (χ1) is 8.56. The van der Waals surface area contributed by atoms with Crippen molar-refractivity contribution in [2.45, 2.75) is 6.92 Å². The van der Waals surface area contributed by atoms with E-state index in [0.29, 0.717) is 20.9 Å². The number of benzene rings is 1. The van der Waals surface area contributed by atoms with Crippen molar-refractivity contribution in [2.24, 2.45) is 0 Å². The summed E-state index contributed by atoms with van der Waals surface area (Å²) in [4.78, 5) is 15.9. The number of carbonyl (C=O) groups is 1. The second kappa shape index (κ2) is 5.50. The number of anilines is 1. The van der Waals surface area contributed by atoms with E-state index < -0.39 is 0 Å². The minimum atomic E-state index is -0.175. The van der Waals surface area contributed by atoms with Crippen molar-refractivity contribution in [3.05, 3.63) is 57.3 Å². The van der Waals surface area contributed by atoms with Gasteiger partial charge in [0.2, 0.25) is 0 Å². The summed E-state index contributed by atoms with van der Waals surface area (Å²) in [6, 6.07) is 9.06. The van der Waals surface area contributed by atoms with Crippen LogP contribution in [0.5, 0.6) is 0 Å². The van der Waals surface area contributed by atoms with Crippen molar-refractivity contribution in [2.75, 3.05) is 5.32 Å². The summed E-state index contributed by atoms with van der Waals surface area (Å²) in [7, 11) is 0. The molecule has 0 aliphatic heterocycles. The molecule has 92 valence electrons. The molecule has 1 aromatic heterocycles. The molecule has 1 N–H and O–H groups in total. The van der Waals surface area contributed by atoms with Crippen LogP contribution in [0.3, 0.4) is 0 Å². The molecule has 0 atom stereocenters. The lowest BCUT2D eigenvalue weighted by Crippen LogP contribution is -2.11. The zero-order valence-electron chi connectivity index (χ0n) is 9.58. The molecule has 0 spiro atoms. The third-order valence-corrected chi connectivity index (χ3v) is 3.50. The molecule has 0 aliphatic carbocycles. The number of amides is 1. The van der Waals surface area contributed by atoms with Crippen molar-refractivity contribution in [1.29, 1.82) is 0 Å². The number of halogens is 2. The standard InChI is InChI=1S/C13H10BrClN2O/c1-8-2-4-9(5-3-8)13(18)17-10-6-11(14)12(15)16-7-10/h2-7H,1H3,(H,17,18). The fourth-order valence-electron chi connectivity index (χ4n) is 1.40. The van der Waals surface area contributed by atoms with E-state index in [1.165, 1.54) is 6.20 Å². The average molecular weight is 326 g/mol. The number of hydrogen-bond donors (Lipinski definition) is 1. The van der Waals surface area contributed by atoms with Crippen LogP contribution < -0.4 is 5.32 Å². The van der Waals surface area contributed by atoms with Crippen LogP contribution in [0.25, 0.3) is 0 Å². The summed E-state index contributed by atoms with van der Waals surface area (Å²) >= 11 is 9.04. The molecule has 0 radical (unpaired) electrons. The third kappa shape index (κ3) is 3.09. The lowest BCUT2D eigenvalue weighted by molar-refractivity contribution is 0.102. The van der Waals surface area contributed by atoms with E-state index >= 15 is 0 Å². The molecule has 2 aromatic rings. The summed E-state index contributed by atoms with van der Waals surface area (Å²) in [5, 5.41) is 3.12. The third-order valence-electron chi connectivity index (χ3n) is 2.37. The number of hydrogen-bond acceptors (Lipinski definition) is 2. The quantitative estimate of drug-likeness (QED) is 0.846. The molecular formula is C13H10BrClN2O. The molecule has 0 saturated heterocycles. The molecule has 2 rings (SSSR count). The van der Waals surface area contributed by atoms with E-state index in [1.54, 1.807) is 18.2 Å². The molecule has 1 amide bonds. The van der Waals surface area contributed by atoms with Crippen LogP contribution in [0.1, 0.15) is 15.9 Å². The Morgan fingerprint density at radius 2 is 2.00 bits per heavy atom. The first-order valence-corrected chi connectivity index (χ1v) is 6.42. The largest absolute Gasteiger partial charge is 0.321 e. The zero-order valence-corrected chi connectivity index (χ0v) is 11.9. The maximum atomic E-state index is 11.9. The molecule has 0 saturated carbocycles.